The summed E-state index contributed by atoms with van der Waals surface area (Å²) in [6.07, 6.45) is 5.22. The largest absolute Gasteiger partial charge is 1.00 e. The summed E-state index contributed by atoms with van der Waals surface area (Å²) in [6, 6.07) is 6.90. The first-order chi connectivity index (χ1) is 7.46. The zero-order chi connectivity index (χ0) is 12.2. The van der Waals surface area contributed by atoms with Gasteiger partial charge in [0.1, 0.15) is 0 Å². The van der Waals surface area contributed by atoms with Gasteiger partial charge in [-0.2, -0.15) is 5.43 Å². The van der Waals surface area contributed by atoms with Gasteiger partial charge in [0.15, 0.2) is 6.54 Å². The number of carbonyl (C=O) groups is 1. The van der Waals surface area contributed by atoms with Crippen molar-refractivity contribution in [2.45, 2.75) is 0 Å². The van der Waals surface area contributed by atoms with E-state index in [2.05, 4.69) is 11.3 Å². The molecule has 0 unspecified atom stereocenters. The van der Waals surface area contributed by atoms with Crippen molar-refractivity contribution in [1.29, 1.82) is 0 Å². The maximum absolute atomic E-state index is 11.9. The van der Waals surface area contributed by atoms with Gasteiger partial charge in [0, 0.05) is 0 Å². The molecular weight excluding hydrogens is 304 g/mol. The van der Waals surface area contributed by atoms with E-state index in [1.54, 1.807) is 24.3 Å². The molecule has 1 aromatic carbocycles. The molecule has 0 aliphatic carbocycles. The van der Waals surface area contributed by atoms with Crippen LogP contribution >= 0.6 is 11.6 Å². The molecule has 0 heterocycles. The van der Waals surface area contributed by atoms with Gasteiger partial charge in [-0.15, -0.1) is 6.42 Å². The molecule has 0 saturated heterocycles. The van der Waals surface area contributed by atoms with Gasteiger partial charge in [-0.1, -0.05) is 23.7 Å². The van der Waals surface area contributed by atoms with Crippen molar-refractivity contribution in [3.8, 4) is 12.3 Å². The lowest BCUT2D eigenvalue weighted by Gasteiger charge is -2.26. The van der Waals surface area contributed by atoms with E-state index in [0.29, 0.717) is 17.1 Å². The lowest BCUT2D eigenvalue weighted by Crippen LogP contribution is -3.00. The molecule has 17 heavy (non-hydrogen) atoms. The van der Waals surface area contributed by atoms with Crippen molar-refractivity contribution < 1.29 is 26.4 Å². The minimum absolute atomic E-state index is 0. The van der Waals surface area contributed by atoms with Crippen LogP contribution in [0.25, 0.3) is 0 Å². The van der Waals surface area contributed by atoms with Crippen LogP contribution in [-0.4, -0.2) is 31.1 Å². The average molecular weight is 318 g/mol. The van der Waals surface area contributed by atoms with Crippen molar-refractivity contribution in [2.24, 2.45) is 0 Å². The van der Waals surface area contributed by atoms with Crippen LogP contribution in [0.4, 0.5) is 0 Å². The third kappa shape index (κ3) is 4.78. The number of nitrogens with zero attached hydrogens (tertiary/aromatic N) is 1. The minimum atomic E-state index is -0.231. The molecule has 1 rings (SSSR count). The van der Waals surface area contributed by atoms with Gasteiger partial charge in [0.25, 0.3) is 5.91 Å². The Hall–Kier alpha value is -1.02. The maximum atomic E-state index is 11.9. The topological polar surface area (TPSA) is 29.1 Å². The predicted molar refractivity (Wildman–Crippen MR) is 64.7 cm³/mol. The smallest absolute Gasteiger partial charge is 0.297 e. The summed E-state index contributed by atoms with van der Waals surface area (Å²) in [5.74, 6) is 2.27. The van der Waals surface area contributed by atoms with Gasteiger partial charge in [-0.3, -0.25) is 4.79 Å². The first kappa shape index (κ1) is 16.0. The van der Waals surface area contributed by atoms with E-state index in [0.717, 1.165) is 0 Å². The van der Waals surface area contributed by atoms with Crippen LogP contribution in [0.2, 0.25) is 5.02 Å². The second-order valence-electron chi connectivity index (χ2n) is 3.97. The number of hydrogen-bond donors (Lipinski definition) is 1. The Kier molecular flexibility index (Phi) is 6.25. The van der Waals surface area contributed by atoms with Crippen LogP contribution in [0.3, 0.4) is 0 Å². The summed E-state index contributed by atoms with van der Waals surface area (Å²) < 4.78 is 0.223. The summed E-state index contributed by atoms with van der Waals surface area (Å²) >= 11 is 5.92. The van der Waals surface area contributed by atoms with Gasteiger partial charge in [-0.05, 0) is 18.1 Å². The van der Waals surface area contributed by atoms with Crippen molar-refractivity contribution >= 4 is 17.5 Å². The molecule has 0 bridgehead atoms. The Labute approximate surface area is 117 Å². The van der Waals surface area contributed by atoms with Gasteiger partial charge in [-0.25, -0.2) is 4.59 Å². The second-order valence-corrected chi connectivity index (χ2v) is 4.38. The highest BCUT2D eigenvalue weighted by Crippen LogP contribution is 2.14. The zero-order valence-electron chi connectivity index (χ0n) is 9.71. The summed E-state index contributed by atoms with van der Waals surface area (Å²) in [7, 11) is 3.63. The quantitative estimate of drug-likeness (QED) is 0.419. The minimum Gasteiger partial charge on any atom is -1.00 e. The van der Waals surface area contributed by atoms with Crippen LogP contribution in [0, 0.1) is 12.3 Å². The average Bonchev–Trinajstić information content (AvgIpc) is 2.17. The highest BCUT2D eigenvalue weighted by atomic mass is 79.9. The van der Waals surface area contributed by atoms with Crippen LogP contribution in [0.15, 0.2) is 24.3 Å². The van der Waals surface area contributed by atoms with Gasteiger partial charge >= 0.3 is 0 Å². The van der Waals surface area contributed by atoms with Crippen LogP contribution < -0.4 is 22.4 Å². The highest BCUT2D eigenvalue weighted by Gasteiger charge is 2.20. The second kappa shape index (κ2) is 6.65. The number of nitrogens with one attached hydrogen (secondary N) is 1. The molecule has 0 spiro atoms. The van der Waals surface area contributed by atoms with Gasteiger partial charge < -0.3 is 17.0 Å². The van der Waals surface area contributed by atoms with Crippen molar-refractivity contribution in [3.63, 3.8) is 0 Å². The fraction of sp³-hybridized carbons (Fsp3) is 0.250. The molecule has 0 atom stereocenters. The number of carbonyl (C=O) groups excluding carboxylic acids is 1. The zero-order valence-corrected chi connectivity index (χ0v) is 12.0. The standard InChI is InChI=1S/C12H13ClN2O.BrH/c1-4-9-15(2,3)14-12(16)10-7-5-6-8-11(10)13;/h1,5-8H,9H2,2-3H3;1H. The molecule has 0 aromatic heterocycles. The van der Waals surface area contributed by atoms with E-state index >= 15 is 0 Å². The van der Waals surface area contributed by atoms with Crippen molar-refractivity contribution in [2.75, 3.05) is 20.6 Å². The van der Waals surface area contributed by atoms with Crippen LogP contribution in [-0.2, 0) is 0 Å². The van der Waals surface area contributed by atoms with E-state index in [-0.39, 0.29) is 27.5 Å². The number of halogens is 2. The lowest BCUT2D eigenvalue weighted by atomic mass is 10.2. The molecule has 0 fully saturated rings. The normalized spacial score (nSPS) is 10.0. The van der Waals surface area contributed by atoms with Crippen LogP contribution in [0.1, 0.15) is 10.4 Å². The first-order valence-electron chi connectivity index (χ1n) is 4.80. The summed E-state index contributed by atoms with van der Waals surface area (Å²) in [5.41, 5.74) is 3.24. The Bertz CT molecular complexity index is 440. The van der Waals surface area contributed by atoms with E-state index in [4.69, 9.17) is 18.0 Å². The summed E-state index contributed by atoms with van der Waals surface area (Å²) in [6.45, 7) is 0.413. The molecule has 92 valence electrons. The molecular formula is C12H14BrClN2O. The molecule has 1 amide bonds. The SMILES string of the molecule is C#CC[N+](C)(C)NC(=O)c1ccccc1Cl.[Br-]. The fourth-order valence-electron chi connectivity index (χ4n) is 1.25. The highest BCUT2D eigenvalue weighted by molar-refractivity contribution is 6.33. The first-order valence-corrected chi connectivity index (χ1v) is 5.17. The van der Waals surface area contributed by atoms with Gasteiger partial charge in [0.2, 0.25) is 0 Å². The van der Waals surface area contributed by atoms with E-state index in [1.807, 2.05) is 14.1 Å². The lowest BCUT2D eigenvalue weighted by molar-refractivity contribution is -0.917. The predicted octanol–water partition coefficient (Wildman–Crippen LogP) is -1.30. The van der Waals surface area contributed by atoms with E-state index in [1.165, 1.54) is 0 Å². The molecule has 0 saturated carbocycles. The number of amides is 1. The third-order valence-electron chi connectivity index (χ3n) is 2.01. The molecule has 5 heteroatoms. The van der Waals surface area contributed by atoms with E-state index < -0.39 is 0 Å². The maximum Gasteiger partial charge on any atom is 0.297 e. The monoisotopic (exact) mass is 316 g/mol. The summed E-state index contributed by atoms with van der Waals surface area (Å²) in [4.78, 5) is 11.9. The number of hydrogen-bond acceptors (Lipinski definition) is 1. The number of benzene rings is 1. The number of rotatable bonds is 3. The molecule has 1 N–H and O–H groups in total. The molecule has 1 aromatic rings. The van der Waals surface area contributed by atoms with Gasteiger partial charge in [0.05, 0.1) is 24.7 Å². The molecule has 0 aliphatic rings. The Morgan fingerprint density at radius 3 is 2.59 bits per heavy atom. The number of quaternary nitrogens is 1. The van der Waals surface area contributed by atoms with Crippen molar-refractivity contribution in [1.82, 2.24) is 5.43 Å². The van der Waals surface area contributed by atoms with Crippen LogP contribution in [0.5, 0.6) is 0 Å². The Morgan fingerprint density at radius 1 is 1.47 bits per heavy atom. The Balaban J connectivity index is 0.00000256. The van der Waals surface area contributed by atoms with E-state index in [9.17, 15) is 4.79 Å². The number of terminal acetylenes is 1. The summed E-state index contributed by atoms with van der Waals surface area (Å²) in [5, 5.41) is 0.431. The van der Waals surface area contributed by atoms with Crippen molar-refractivity contribution in [3.05, 3.63) is 34.9 Å². The Morgan fingerprint density at radius 2 is 2.06 bits per heavy atom. The molecule has 0 aliphatic heterocycles. The fourth-order valence-corrected chi connectivity index (χ4v) is 1.47. The molecule has 3 nitrogen and oxygen atoms in total. The molecule has 0 radical (unpaired) electrons. The third-order valence-corrected chi connectivity index (χ3v) is 2.34.